The van der Waals surface area contributed by atoms with Crippen LogP contribution in [0.3, 0.4) is 0 Å². The van der Waals surface area contributed by atoms with Crippen LogP contribution in [-0.4, -0.2) is 36.8 Å². The molecule has 0 saturated carbocycles. The summed E-state index contributed by atoms with van der Waals surface area (Å²) in [6.07, 6.45) is -4.15. The first-order valence-electron chi connectivity index (χ1n) is 5.11. The summed E-state index contributed by atoms with van der Waals surface area (Å²) < 4.78 is 38.2. The van der Waals surface area contributed by atoms with Gasteiger partial charge < -0.3 is 5.32 Å². The van der Waals surface area contributed by atoms with E-state index in [0.29, 0.717) is 19.6 Å². The van der Waals surface area contributed by atoms with Crippen molar-refractivity contribution < 1.29 is 13.2 Å². The number of hydrogen-bond acceptors (Lipinski definition) is 3. The van der Waals surface area contributed by atoms with Crippen molar-refractivity contribution in [2.45, 2.75) is 18.8 Å². The standard InChI is InChI=1S/C10H13F3N2S/c11-10(12,13)9-6-14-3-4-15(9)7-8-2-1-5-16-8/h1-2,5,9,14H,3-4,6-7H2. The first-order valence-corrected chi connectivity index (χ1v) is 5.99. The maximum atomic E-state index is 12.7. The van der Waals surface area contributed by atoms with Crippen LogP contribution in [0.4, 0.5) is 13.2 Å². The second-order valence-electron chi connectivity index (χ2n) is 3.81. The zero-order valence-electron chi connectivity index (χ0n) is 8.63. The molecule has 0 aliphatic carbocycles. The fraction of sp³-hybridized carbons (Fsp3) is 0.600. The molecule has 1 saturated heterocycles. The normalized spacial score (nSPS) is 23.6. The first-order chi connectivity index (χ1) is 7.57. The minimum absolute atomic E-state index is 0.00508. The molecule has 1 aromatic heterocycles. The Morgan fingerprint density at radius 2 is 2.31 bits per heavy atom. The molecule has 2 rings (SSSR count). The summed E-state index contributed by atoms with van der Waals surface area (Å²) in [5.74, 6) is 0. The Morgan fingerprint density at radius 3 is 2.94 bits per heavy atom. The van der Waals surface area contributed by atoms with Gasteiger partial charge in [0.25, 0.3) is 0 Å². The molecule has 2 nitrogen and oxygen atoms in total. The predicted octanol–water partition coefficient (Wildman–Crippen LogP) is 2.08. The Kier molecular flexibility index (Phi) is 3.51. The summed E-state index contributed by atoms with van der Waals surface area (Å²) in [6, 6.07) is 2.38. The van der Waals surface area contributed by atoms with Gasteiger partial charge in [0.2, 0.25) is 0 Å². The second kappa shape index (κ2) is 4.73. The zero-order chi connectivity index (χ0) is 11.6. The van der Waals surface area contributed by atoms with E-state index in [9.17, 15) is 13.2 Å². The summed E-state index contributed by atoms with van der Waals surface area (Å²) in [6.45, 7) is 1.46. The van der Waals surface area contributed by atoms with Crippen LogP contribution in [0, 0.1) is 0 Å². The molecule has 2 heterocycles. The van der Waals surface area contributed by atoms with Crippen molar-refractivity contribution in [1.82, 2.24) is 10.2 Å². The van der Waals surface area contributed by atoms with E-state index in [1.54, 1.807) is 0 Å². The molecule has 0 amide bonds. The Labute approximate surface area is 96.1 Å². The van der Waals surface area contributed by atoms with E-state index in [0.717, 1.165) is 4.88 Å². The Bertz CT molecular complexity index is 323. The van der Waals surface area contributed by atoms with Gasteiger partial charge in [-0.05, 0) is 11.4 Å². The van der Waals surface area contributed by atoms with Crippen molar-refractivity contribution in [2.75, 3.05) is 19.6 Å². The van der Waals surface area contributed by atoms with Gasteiger partial charge in [-0.2, -0.15) is 13.2 Å². The van der Waals surface area contributed by atoms with Gasteiger partial charge in [-0.3, -0.25) is 4.90 Å². The number of alkyl halides is 3. The lowest BCUT2D eigenvalue weighted by atomic mass is 10.2. The summed E-state index contributed by atoms with van der Waals surface area (Å²) in [5.41, 5.74) is 0. The highest BCUT2D eigenvalue weighted by Crippen LogP contribution is 2.27. The Morgan fingerprint density at radius 1 is 1.50 bits per heavy atom. The fourth-order valence-electron chi connectivity index (χ4n) is 1.86. The maximum Gasteiger partial charge on any atom is 0.405 e. The monoisotopic (exact) mass is 250 g/mol. The van der Waals surface area contributed by atoms with E-state index in [1.165, 1.54) is 16.2 Å². The third kappa shape index (κ3) is 2.75. The maximum absolute atomic E-state index is 12.7. The van der Waals surface area contributed by atoms with Gasteiger partial charge in [0, 0.05) is 31.1 Å². The number of halogens is 3. The minimum atomic E-state index is -4.15. The summed E-state index contributed by atoms with van der Waals surface area (Å²) in [4.78, 5) is 2.48. The highest BCUT2D eigenvalue weighted by Gasteiger charge is 2.44. The molecule has 1 aliphatic rings. The molecule has 1 aromatic rings. The lowest BCUT2D eigenvalue weighted by Crippen LogP contribution is -2.57. The van der Waals surface area contributed by atoms with Crippen molar-refractivity contribution in [2.24, 2.45) is 0 Å². The van der Waals surface area contributed by atoms with Crippen LogP contribution in [0.15, 0.2) is 17.5 Å². The third-order valence-electron chi connectivity index (χ3n) is 2.67. The van der Waals surface area contributed by atoms with Crippen molar-refractivity contribution in [3.63, 3.8) is 0 Å². The van der Waals surface area contributed by atoms with Crippen LogP contribution < -0.4 is 5.32 Å². The summed E-state index contributed by atoms with van der Waals surface area (Å²) in [7, 11) is 0. The quantitative estimate of drug-likeness (QED) is 0.864. The van der Waals surface area contributed by atoms with Gasteiger partial charge in [-0.15, -0.1) is 11.3 Å². The minimum Gasteiger partial charge on any atom is -0.314 e. The average molecular weight is 250 g/mol. The highest BCUT2D eigenvalue weighted by molar-refractivity contribution is 7.09. The molecule has 90 valence electrons. The van der Waals surface area contributed by atoms with Crippen LogP contribution in [-0.2, 0) is 6.54 Å². The predicted molar refractivity (Wildman–Crippen MR) is 57.4 cm³/mol. The molecule has 0 aromatic carbocycles. The van der Waals surface area contributed by atoms with Crippen molar-refractivity contribution in [1.29, 1.82) is 0 Å². The zero-order valence-corrected chi connectivity index (χ0v) is 9.44. The van der Waals surface area contributed by atoms with Gasteiger partial charge in [-0.1, -0.05) is 6.07 Å². The van der Waals surface area contributed by atoms with Crippen molar-refractivity contribution in [3.8, 4) is 0 Å². The second-order valence-corrected chi connectivity index (χ2v) is 4.84. The van der Waals surface area contributed by atoms with Crippen LogP contribution in [0.2, 0.25) is 0 Å². The van der Waals surface area contributed by atoms with Gasteiger partial charge in [0.1, 0.15) is 6.04 Å². The van der Waals surface area contributed by atoms with Crippen LogP contribution >= 0.6 is 11.3 Å². The van der Waals surface area contributed by atoms with E-state index in [4.69, 9.17) is 0 Å². The van der Waals surface area contributed by atoms with E-state index in [-0.39, 0.29) is 6.54 Å². The smallest absolute Gasteiger partial charge is 0.314 e. The number of hydrogen-bond donors (Lipinski definition) is 1. The van der Waals surface area contributed by atoms with E-state index in [1.807, 2.05) is 17.5 Å². The van der Waals surface area contributed by atoms with Crippen LogP contribution in [0.1, 0.15) is 4.88 Å². The SMILES string of the molecule is FC(F)(F)C1CNCCN1Cc1cccs1. The molecule has 1 fully saturated rings. The van der Waals surface area contributed by atoms with Crippen LogP contribution in [0.25, 0.3) is 0 Å². The topological polar surface area (TPSA) is 15.3 Å². The molecule has 0 bridgehead atoms. The lowest BCUT2D eigenvalue weighted by Gasteiger charge is -2.36. The lowest BCUT2D eigenvalue weighted by molar-refractivity contribution is -0.188. The number of rotatable bonds is 2. The highest BCUT2D eigenvalue weighted by atomic mass is 32.1. The van der Waals surface area contributed by atoms with Gasteiger partial charge in [0.05, 0.1) is 0 Å². The number of thiophene rings is 1. The summed E-state index contributed by atoms with van der Waals surface area (Å²) >= 11 is 1.50. The van der Waals surface area contributed by atoms with E-state index < -0.39 is 12.2 Å². The third-order valence-corrected chi connectivity index (χ3v) is 3.53. The molecule has 1 atom stereocenters. The van der Waals surface area contributed by atoms with Gasteiger partial charge >= 0.3 is 6.18 Å². The van der Waals surface area contributed by atoms with Gasteiger partial charge in [-0.25, -0.2) is 0 Å². The summed E-state index contributed by atoms with van der Waals surface area (Å²) in [5, 5.41) is 4.68. The number of nitrogens with one attached hydrogen (secondary N) is 1. The molecule has 1 N–H and O–H groups in total. The van der Waals surface area contributed by atoms with Gasteiger partial charge in [0.15, 0.2) is 0 Å². The van der Waals surface area contributed by atoms with Crippen LogP contribution in [0.5, 0.6) is 0 Å². The first kappa shape index (κ1) is 11.9. The number of piperazine rings is 1. The molecule has 6 heteroatoms. The molecule has 0 spiro atoms. The Hall–Kier alpha value is -0.590. The molecule has 1 aliphatic heterocycles. The average Bonchev–Trinajstić information content (AvgIpc) is 2.70. The molecular formula is C10H13F3N2S. The van der Waals surface area contributed by atoms with E-state index >= 15 is 0 Å². The van der Waals surface area contributed by atoms with Crippen molar-refractivity contribution >= 4 is 11.3 Å². The molecule has 0 radical (unpaired) electrons. The molecule has 1 unspecified atom stereocenters. The number of nitrogens with zero attached hydrogens (tertiary/aromatic N) is 1. The Balaban J connectivity index is 2.05. The fourth-order valence-corrected chi connectivity index (χ4v) is 2.59. The van der Waals surface area contributed by atoms with E-state index in [2.05, 4.69) is 5.32 Å². The molecular weight excluding hydrogens is 237 g/mol. The van der Waals surface area contributed by atoms with Crippen molar-refractivity contribution in [3.05, 3.63) is 22.4 Å². The largest absolute Gasteiger partial charge is 0.405 e. The molecule has 16 heavy (non-hydrogen) atoms.